The van der Waals surface area contributed by atoms with Crippen LogP contribution >= 0.6 is 0 Å². The zero-order valence-electron chi connectivity index (χ0n) is 14.4. The van der Waals surface area contributed by atoms with Gasteiger partial charge >= 0.3 is 0 Å². The fourth-order valence-corrected chi connectivity index (χ4v) is 2.95. The Hall–Kier alpha value is -2.28. The molecule has 7 heteroatoms. The second-order valence-corrected chi connectivity index (χ2v) is 6.67. The van der Waals surface area contributed by atoms with Gasteiger partial charge in [-0.3, -0.25) is 4.79 Å². The van der Waals surface area contributed by atoms with Crippen LogP contribution in [-0.4, -0.2) is 57.2 Å². The molecule has 1 saturated heterocycles. The highest BCUT2D eigenvalue weighted by Gasteiger charge is 2.20. The number of benzene rings is 1. The molecule has 1 fully saturated rings. The molecule has 1 aromatic carbocycles. The van der Waals surface area contributed by atoms with Crippen molar-refractivity contribution in [3.8, 4) is 11.4 Å². The molecule has 0 aliphatic carbocycles. The molecule has 24 heavy (non-hydrogen) atoms. The van der Waals surface area contributed by atoms with E-state index in [1.165, 1.54) is 0 Å². The quantitative estimate of drug-likeness (QED) is 0.925. The van der Waals surface area contributed by atoms with Crippen molar-refractivity contribution in [2.45, 2.75) is 38.8 Å². The van der Waals surface area contributed by atoms with Crippen molar-refractivity contribution >= 4 is 5.91 Å². The summed E-state index contributed by atoms with van der Waals surface area (Å²) < 4.78 is 1.76. The Bertz CT molecular complexity index is 703. The molecule has 0 saturated carbocycles. The largest absolute Gasteiger partial charge is 0.349 e. The van der Waals surface area contributed by atoms with Crippen LogP contribution in [0.5, 0.6) is 0 Å². The highest BCUT2D eigenvalue weighted by molar-refractivity contribution is 5.95. The van der Waals surface area contributed by atoms with Crippen molar-refractivity contribution in [3.05, 3.63) is 29.8 Å². The zero-order chi connectivity index (χ0) is 17.1. The SMILES string of the molecule is CC(C)n1nnnc1-c1cccc(C(=O)NC2CCN(C)CC2)c1. The highest BCUT2D eigenvalue weighted by Crippen LogP contribution is 2.20. The molecule has 1 amide bonds. The molecule has 0 bridgehead atoms. The van der Waals surface area contributed by atoms with Crippen molar-refractivity contribution in [1.29, 1.82) is 0 Å². The van der Waals surface area contributed by atoms with Crippen LogP contribution in [0, 0.1) is 0 Å². The first-order chi connectivity index (χ1) is 11.5. The Morgan fingerprint density at radius 3 is 2.75 bits per heavy atom. The van der Waals surface area contributed by atoms with Gasteiger partial charge in [-0.25, -0.2) is 4.68 Å². The third-order valence-electron chi connectivity index (χ3n) is 4.42. The molecular weight excluding hydrogens is 304 g/mol. The lowest BCUT2D eigenvalue weighted by atomic mass is 10.0. The van der Waals surface area contributed by atoms with Gasteiger partial charge in [-0.15, -0.1) is 5.10 Å². The number of rotatable bonds is 4. The molecule has 0 spiro atoms. The van der Waals surface area contributed by atoms with E-state index in [4.69, 9.17) is 0 Å². The van der Waals surface area contributed by atoms with Gasteiger partial charge in [-0.05, 0) is 69.4 Å². The third kappa shape index (κ3) is 3.62. The molecule has 2 aromatic rings. The number of hydrogen-bond acceptors (Lipinski definition) is 5. The number of nitrogens with zero attached hydrogens (tertiary/aromatic N) is 5. The Morgan fingerprint density at radius 1 is 1.29 bits per heavy atom. The number of aromatic nitrogens is 4. The normalized spacial score (nSPS) is 16.5. The fourth-order valence-electron chi connectivity index (χ4n) is 2.95. The first kappa shape index (κ1) is 16.6. The Balaban J connectivity index is 1.75. The van der Waals surface area contributed by atoms with Gasteiger partial charge in [0, 0.05) is 17.2 Å². The summed E-state index contributed by atoms with van der Waals surface area (Å²) >= 11 is 0. The molecule has 128 valence electrons. The van der Waals surface area contributed by atoms with Crippen molar-refractivity contribution in [2.24, 2.45) is 0 Å². The third-order valence-corrected chi connectivity index (χ3v) is 4.42. The van der Waals surface area contributed by atoms with E-state index < -0.39 is 0 Å². The summed E-state index contributed by atoms with van der Waals surface area (Å²) in [6.07, 6.45) is 1.99. The van der Waals surface area contributed by atoms with E-state index in [1.807, 2.05) is 38.1 Å². The second kappa shape index (κ2) is 7.09. The van der Waals surface area contributed by atoms with Gasteiger partial charge < -0.3 is 10.2 Å². The minimum absolute atomic E-state index is 0.0324. The van der Waals surface area contributed by atoms with E-state index in [2.05, 4.69) is 32.8 Å². The van der Waals surface area contributed by atoms with Crippen LogP contribution < -0.4 is 5.32 Å². The number of likely N-dealkylation sites (tertiary alicyclic amines) is 1. The summed E-state index contributed by atoms with van der Waals surface area (Å²) in [6.45, 7) is 6.09. The lowest BCUT2D eigenvalue weighted by Gasteiger charge is -2.29. The van der Waals surface area contributed by atoms with E-state index in [0.717, 1.165) is 31.5 Å². The van der Waals surface area contributed by atoms with Crippen LogP contribution in [0.1, 0.15) is 43.1 Å². The smallest absolute Gasteiger partial charge is 0.251 e. The van der Waals surface area contributed by atoms with Gasteiger partial charge in [0.1, 0.15) is 0 Å². The maximum absolute atomic E-state index is 12.6. The van der Waals surface area contributed by atoms with E-state index in [9.17, 15) is 4.79 Å². The van der Waals surface area contributed by atoms with Crippen molar-refractivity contribution < 1.29 is 4.79 Å². The van der Waals surface area contributed by atoms with Gasteiger partial charge in [0.15, 0.2) is 5.82 Å². The first-order valence-electron chi connectivity index (χ1n) is 8.42. The molecule has 2 heterocycles. The minimum atomic E-state index is -0.0324. The lowest BCUT2D eigenvalue weighted by molar-refractivity contribution is 0.0917. The van der Waals surface area contributed by atoms with Crippen molar-refractivity contribution in [2.75, 3.05) is 20.1 Å². The number of nitrogens with one attached hydrogen (secondary N) is 1. The molecular formula is C17H24N6O. The van der Waals surface area contributed by atoms with Gasteiger partial charge in [-0.2, -0.15) is 0 Å². The van der Waals surface area contributed by atoms with Crippen LogP contribution in [0.4, 0.5) is 0 Å². The van der Waals surface area contributed by atoms with Crippen LogP contribution in [-0.2, 0) is 0 Å². The summed E-state index contributed by atoms with van der Waals surface area (Å²) in [5.74, 6) is 0.647. The van der Waals surface area contributed by atoms with Crippen LogP contribution in [0.15, 0.2) is 24.3 Å². The fraction of sp³-hybridized carbons (Fsp3) is 0.529. The van der Waals surface area contributed by atoms with Crippen LogP contribution in [0.2, 0.25) is 0 Å². The number of hydrogen-bond donors (Lipinski definition) is 1. The van der Waals surface area contributed by atoms with Gasteiger partial charge in [-0.1, -0.05) is 12.1 Å². The van der Waals surface area contributed by atoms with Gasteiger partial charge in [0.25, 0.3) is 5.91 Å². The Morgan fingerprint density at radius 2 is 2.04 bits per heavy atom. The van der Waals surface area contributed by atoms with Crippen molar-refractivity contribution in [3.63, 3.8) is 0 Å². The van der Waals surface area contributed by atoms with Crippen LogP contribution in [0.3, 0.4) is 0 Å². The zero-order valence-corrected chi connectivity index (χ0v) is 14.4. The summed E-state index contributed by atoms with van der Waals surface area (Å²) in [6, 6.07) is 7.89. The number of tetrazole rings is 1. The summed E-state index contributed by atoms with van der Waals surface area (Å²) in [5.41, 5.74) is 1.49. The summed E-state index contributed by atoms with van der Waals surface area (Å²) in [4.78, 5) is 14.8. The molecule has 0 unspecified atom stereocenters. The van der Waals surface area contributed by atoms with E-state index >= 15 is 0 Å². The number of piperidine rings is 1. The predicted octanol–water partition coefficient (Wildman–Crippen LogP) is 1.74. The number of amides is 1. The standard InChI is InChI=1S/C17H24N6O/c1-12(2)23-16(19-20-21-23)13-5-4-6-14(11-13)17(24)18-15-7-9-22(3)10-8-15/h4-6,11-12,15H,7-10H2,1-3H3,(H,18,24). The second-order valence-electron chi connectivity index (χ2n) is 6.67. The maximum atomic E-state index is 12.6. The lowest BCUT2D eigenvalue weighted by Crippen LogP contribution is -2.43. The molecule has 7 nitrogen and oxygen atoms in total. The molecule has 1 aliphatic heterocycles. The average Bonchev–Trinajstić information content (AvgIpc) is 3.07. The first-order valence-corrected chi connectivity index (χ1v) is 8.42. The van der Waals surface area contributed by atoms with E-state index in [-0.39, 0.29) is 18.0 Å². The average molecular weight is 328 g/mol. The number of carbonyl (C=O) groups excluding carboxylic acids is 1. The molecule has 1 aliphatic rings. The summed E-state index contributed by atoms with van der Waals surface area (Å²) in [5, 5.41) is 15.0. The highest BCUT2D eigenvalue weighted by atomic mass is 16.1. The Kier molecular flexibility index (Phi) is 4.89. The number of carbonyl (C=O) groups is 1. The molecule has 1 N–H and O–H groups in total. The van der Waals surface area contributed by atoms with Crippen LogP contribution in [0.25, 0.3) is 11.4 Å². The topological polar surface area (TPSA) is 75.9 Å². The molecule has 0 atom stereocenters. The minimum Gasteiger partial charge on any atom is -0.349 e. The monoisotopic (exact) mass is 328 g/mol. The summed E-state index contributed by atoms with van der Waals surface area (Å²) in [7, 11) is 2.11. The van der Waals surface area contributed by atoms with E-state index in [1.54, 1.807) is 4.68 Å². The van der Waals surface area contributed by atoms with Crippen molar-refractivity contribution in [1.82, 2.24) is 30.4 Å². The molecule has 1 aromatic heterocycles. The van der Waals surface area contributed by atoms with E-state index in [0.29, 0.717) is 11.4 Å². The molecule has 3 rings (SSSR count). The Labute approximate surface area is 142 Å². The van der Waals surface area contributed by atoms with Gasteiger partial charge in [0.05, 0.1) is 6.04 Å². The molecule has 0 radical (unpaired) electrons. The maximum Gasteiger partial charge on any atom is 0.251 e. The predicted molar refractivity (Wildman–Crippen MR) is 91.6 cm³/mol. The van der Waals surface area contributed by atoms with Gasteiger partial charge in [0.2, 0.25) is 0 Å².